The van der Waals surface area contributed by atoms with E-state index in [9.17, 15) is 13.2 Å². The van der Waals surface area contributed by atoms with Gasteiger partial charge in [0.1, 0.15) is 11.6 Å². The van der Waals surface area contributed by atoms with Crippen molar-refractivity contribution in [3.63, 3.8) is 0 Å². The summed E-state index contributed by atoms with van der Waals surface area (Å²) in [6.07, 6.45) is 0. The highest BCUT2D eigenvalue weighted by Crippen LogP contribution is 2.29. The van der Waals surface area contributed by atoms with Crippen molar-refractivity contribution < 1.29 is 17.9 Å². The molecule has 0 fully saturated rings. The molecule has 0 aliphatic carbocycles. The van der Waals surface area contributed by atoms with Crippen LogP contribution in [0.3, 0.4) is 0 Å². The van der Waals surface area contributed by atoms with Gasteiger partial charge in [0.05, 0.1) is 0 Å². The number of hydrogen-bond acceptors (Lipinski definition) is 1. The summed E-state index contributed by atoms with van der Waals surface area (Å²) >= 11 is 0. The van der Waals surface area contributed by atoms with Gasteiger partial charge in [-0.2, -0.15) is 0 Å². The Bertz CT molecular complexity index is 529. The number of rotatable bonds is 2. The fourth-order valence-corrected chi connectivity index (χ4v) is 1.34. The molecule has 0 heterocycles. The lowest BCUT2D eigenvalue weighted by Crippen LogP contribution is -1.95. The molecule has 0 N–H and O–H groups in total. The van der Waals surface area contributed by atoms with Crippen molar-refractivity contribution in [2.24, 2.45) is 0 Å². The molecule has 2 aromatic rings. The smallest absolute Gasteiger partial charge is 0.198 e. The van der Waals surface area contributed by atoms with Crippen molar-refractivity contribution in [1.82, 2.24) is 0 Å². The fourth-order valence-electron chi connectivity index (χ4n) is 1.34. The number of benzene rings is 2. The van der Waals surface area contributed by atoms with Crippen molar-refractivity contribution in [3.8, 4) is 11.5 Å². The molecule has 0 bridgehead atoms. The first kappa shape index (κ1) is 11.5. The van der Waals surface area contributed by atoms with Gasteiger partial charge in [-0.1, -0.05) is 18.2 Å². The summed E-state index contributed by atoms with van der Waals surface area (Å²) in [4.78, 5) is 0. The largest absolute Gasteiger partial charge is 0.451 e. The molecule has 0 spiro atoms. The highest BCUT2D eigenvalue weighted by atomic mass is 19.1. The molecule has 0 atom stereocenters. The Balaban J connectivity index is 2.40. The average molecular weight is 237 g/mol. The summed E-state index contributed by atoms with van der Waals surface area (Å²) in [5, 5.41) is 0. The van der Waals surface area contributed by atoms with Crippen molar-refractivity contribution in [3.05, 3.63) is 66.3 Å². The van der Waals surface area contributed by atoms with Crippen LogP contribution in [0.2, 0.25) is 0 Å². The summed E-state index contributed by atoms with van der Waals surface area (Å²) in [5.74, 6) is -3.59. The molecule has 87 valence electrons. The van der Waals surface area contributed by atoms with Gasteiger partial charge < -0.3 is 4.74 Å². The summed E-state index contributed by atoms with van der Waals surface area (Å²) in [6, 6.07) is 7.63. The van der Waals surface area contributed by atoms with Crippen molar-refractivity contribution >= 4 is 0 Å². The standard InChI is InChI=1S/C13H8F3O/c1-8-4-2-3-5-12(8)17-13-10(15)6-9(14)7-11(13)16/h2-7H,1H2. The summed E-state index contributed by atoms with van der Waals surface area (Å²) in [6.45, 7) is 3.65. The molecule has 0 saturated heterocycles. The van der Waals surface area contributed by atoms with Crippen LogP contribution in [0.25, 0.3) is 0 Å². The third-order valence-corrected chi connectivity index (χ3v) is 2.15. The van der Waals surface area contributed by atoms with E-state index in [0.717, 1.165) is 0 Å². The molecule has 1 nitrogen and oxygen atoms in total. The Morgan fingerprint density at radius 2 is 1.53 bits per heavy atom. The first-order valence-corrected chi connectivity index (χ1v) is 4.81. The number of halogens is 3. The van der Waals surface area contributed by atoms with E-state index in [4.69, 9.17) is 4.74 Å². The predicted octanol–water partition coefficient (Wildman–Crippen LogP) is 4.08. The Hall–Kier alpha value is -1.97. The molecule has 1 radical (unpaired) electrons. The first-order valence-electron chi connectivity index (χ1n) is 4.81. The number of hydrogen-bond donors (Lipinski definition) is 0. The zero-order valence-corrected chi connectivity index (χ0v) is 8.71. The van der Waals surface area contributed by atoms with Gasteiger partial charge in [0.2, 0.25) is 0 Å². The van der Waals surface area contributed by atoms with Crippen LogP contribution >= 0.6 is 0 Å². The van der Waals surface area contributed by atoms with E-state index < -0.39 is 23.2 Å². The van der Waals surface area contributed by atoms with Crippen LogP contribution in [-0.2, 0) is 0 Å². The van der Waals surface area contributed by atoms with Crippen LogP contribution < -0.4 is 4.74 Å². The van der Waals surface area contributed by atoms with Crippen molar-refractivity contribution in [2.45, 2.75) is 0 Å². The molecule has 0 unspecified atom stereocenters. The minimum atomic E-state index is -1.09. The van der Waals surface area contributed by atoms with E-state index in [0.29, 0.717) is 17.7 Å². The summed E-state index contributed by atoms with van der Waals surface area (Å²) < 4.78 is 44.3. The lowest BCUT2D eigenvalue weighted by Gasteiger charge is -2.09. The van der Waals surface area contributed by atoms with E-state index in [1.54, 1.807) is 18.2 Å². The highest BCUT2D eigenvalue weighted by Gasteiger charge is 2.14. The Morgan fingerprint density at radius 1 is 0.941 bits per heavy atom. The van der Waals surface area contributed by atoms with Gasteiger partial charge in [-0.15, -0.1) is 0 Å². The summed E-state index contributed by atoms with van der Waals surface area (Å²) in [5.41, 5.74) is 0.482. The van der Waals surface area contributed by atoms with Crippen LogP contribution in [0.15, 0.2) is 36.4 Å². The molecular weight excluding hydrogens is 229 g/mol. The Labute approximate surface area is 96.5 Å². The highest BCUT2D eigenvalue weighted by molar-refractivity contribution is 5.40. The molecule has 0 aliphatic rings. The second kappa shape index (κ2) is 4.49. The molecule has 17 heavy (non-hydrogen) atoms. The minimum Gasteiger partial charge on any atom is -0.451 e. The maximum absolute atomic E-state index is 13.3. The topological polar surface area (TPSA) is 9.23 Å². The first-order chi connectivity index (χ1) is 8.08. The van der Waals surface area contributed by atoms with Crippen LogP contribution in [-0.4, -0.2) is 0 Å². The van der Waals surface area contributed by atoms with Gasteiger partial charge >= 0.3 is 0 Å². The predicted molar refractivity (Wildman–Crippen MR) is 57.3 cm³/mol. The van der Waals surface area contributed by atoms with E-state index in [1.165, 1.54) is 6.07 Å². The van der Waals surface area contributed by atoms with Gasteiger partial charge in [-0.05, 0) is 18.6 Å². The van der Waals surface area contributed by atoms with Crippen molar-refractivity contribution in [2.75, 3.05) is 0 Å². The maximum Gasteiger partial charge on any atom is 0.198 e. The van der Waals surface area contributed by atoms with Crippen LogP contribution in [0, 0.1) is 24.4 Å². The van der Waals surface area contributed by atoms with Crippen LogP contribution in [0.5, 0.6) is 11.5 Å². The van der Waals surface area contributed by atoms with Gasteiger partial charge in [-0.3, -0.25) is 0 Å². The molecule has 0 aromatic heterocycles. The normalized spacial score (nSPS) is 10.4. The summed E-state index contributed by atoms with van der Waals surface area (Å²) in [7, 11) is 0. The Kier molecular flexibility index (Phi) is 3.04. The molecule has 2 aromatic carbocycles. The third kappa shape index (κ3) is 2.41. The van der Waals surface area contributed by atoms with E-state index >= 15 is 0 Å². The number of para-hydroxylation sites is 1. The molecule has 0 aliphatic heterocycles. The quantitative estimate of drug-likeness (QED) is 0.764. The Morgan fingerprint density at radius 3 is 2.12 bits per heavy atom. The molecule has 4 heteroatoms. The molecular formula is C13H8F3O. The second-order valence-corrected chi connectivity index (χ2v) is 3.41. The SMILES string of the molecule is [CH2]c1ccccc1Oc1c(F)cc(F)cc1F. The van der Waals surface area contributed by atoms with Gasteiger partial charge in [-0.25, -0.2) is 13.2 Å². The molecule has 0 saturated carbocycles. The van der Waals surface area contributed by atoms with Crippen molar-refractivity contribution in [1.29, 1.82) is 0 Å². The molecule has 2 rings (SSSR count). The van der Waals surface area contributed by atoms with E-state index in [1.807, 2.05) is 0 Å². The van der Waals surface area contributed by atoms with Crippen LogP contribution in [0.1, 0.15) is 5.56 Å². The maximum atomic E-state index is 13.3. The van der Waals surface area contributed by atoms with Gasteiger partial charge in [0.25, 0.3) is 0 Å². The lowest BCUT2D eigenvalue weighted by molar-refractivity contribution is 0.400. The number of ether oxygens (including phenoxy) is 1. The van der Waals surface area contributed by atoms with E-state index in [2.05, 4.69) is 6.92 Å². The zero-order chi connectivity index (χ0) is 12.4. The zero-order valence-electron chi connectivity index (χ0n) is 8.71. The fraction of sp³-hybridized carbons (Fsp3) is 0. The minimum absolute atomic E-state index is 0.219. The second-order valence-electron chi connectivity index (χ2n) is 3.41. The van der Waals surface area contributed by atoms with Gasteiger partial charge in [0, 0.05) is 12.1 Å². The monoisotopic (exact) mass is 237 g/mol. The molecule has 0 amide bonds. The third-order valence-electron chi connectivity index (χ3n) is 2.15. The van der Waals surface area contributed by atoms with E-state index in [-0.39, 0.29) is 5.75 Å². The lowest BCUT2D eigenvalue weighted by atomic mass is 10.2. The van der Waals surface area contributed by atoms with Crippen LogP contribution in [0.4, 0.5) is 13.2 Å². The average Bonchev–Trinajstić information content (AvgIpc) is 2.25. The van der Waals surface area contributed by atoms with Gasteiger partial charge in [0.15, 0.2) is 17.4 Å².